The van der Waals surface area contributed by atoms with Crippen LogP contribution in [0.1, 0.15) is 57.6 Å². The van der Waals surface area contributed by atoms with Crippen LogP contribution in [-0.2, 0) is 6.61 Å². The highest BCUT2D eigenvalue weighted by atomic mass is 16.6. The fourth-order valence-electron chi connectivity index (χ4n) is 4.59. The van der Waals surface area contributed by atoms with E-state index in [9.17, 15) is 4.79 Å². The lowest BCUT2D eigenvalue weighted by molar-refractivity contribution is 0.111. The summed E-state index contributed by atoms with van der Waals surface area (Å²) in [5.41, 5.74) is 8.16. The van der Waals surface area contributed by atoms with E-state index in [1.165, 1.54) is 0 Å². The molecule has 0 N–H and O–H groups in total. The molecule has 0 saturated heterocycles. The van der Waals surface area contributed by atoms with Crippen LogP contribution in [0.3, 0.4) is 0 Å². The monoisotopic (exact) mass is 531 g/mol. The van der Waals surface area contributed by atoms with Gasteiger partial charge in [0, 0.05) is 0 Å². The highest BCUT2D eigenvalue weighted by molar-refractivity contribution is 5.84. The van der Waals surface area contributed by atoms with Crippen LogP contribution < -0.4 is 14.2 Å². The number of aryl methyl sites for hydroxylation is 1. The Balaban J connectivity index is 0.00000181. The van der Waals surface area contributed by atoms with E-state index in [4.69, 9.17) is 19.5 Å². The van der Waals surface area contributed by atoms with Crippen molar-refractivity contribution in [2.45, 2.75) is 34.3 Å². The maximum absolute atomic E-state index is 11.8. The van der Waals surface area contributed by atoms with Crippen molar-refractivity contribution in [1.82, 2.24) is 0 Å². The lowest BCUT2D eigenvalue weighted by Crippen LogP contribution is -2.15. The zero-order chi connectivity index (χ0) is 28.5. The van der Waals surface area contributed by atoms with Crippen molar-refractivity contribution in [3.63, 3.8) is 0 Å². The first kappa shape index (κ1) is 28.2. The van der Waals surface area contributed by atoms with E-state index in [1.807, 2.05) is 69.3 Å². The van der Waals surface area contributed by atoms with Gasteiger partial charge in [-0.1, -0.05) is 68.5 Å². The number of hydrogen-bond acceptors (Lipinski definition) is 5. The number of rotatable bonds is 7. The molecule has 5 rings (SSSR count). The molecule has 40 heavy (non-hydrogen) atoms. The second-order valence-electron chi connectivity index (χ2n) is 9.18. The first-order valence-electron chi connectivity index (χ1n) is 13.4. The summed E-state index contributed by atoms with van der Waals surface area (Å²) in [5.74, 6) is 2.06. The van der Waals surface area contributed by atoms with Crippen LogP contribution in [0, 0.1) is 25.2 Å². The van der Waals surface area contributed by atoms with Gasteiger partial charge in [0.25, 0.3) is 0 Å². The second-order valence-corrected chi connectivity index (χ2v) is 9.18. The molecule has 5 heteroatoms. The van der Waals surface area contributed by atoms with Crippen LogP contribution in [0.2, 0.25) is 0 Å². The molecule has 1 aliphatic rings. The van der Waals surface area contributed by atoms with Gasteiger partial charge in [-0.15, -0.1) is 0 Å². The molecule has 5 nitrogen and oxygen atoms in total. The van der Waals surface area contributed by atoms with Crippen LogP contribution in [0.4, 0.5) is 0 Å². The molecule has 4 aromatic carbocycles. The van der Waals surface area contributed by atoms with E-state index >= 15 is 0 Å². The molecule has 1 heterocycles. The molecular weight excluding hydrogens is 498 g/mol. The highest BCUT2D eigenvalue weighted by Crippen LogP contribution is 2.36. The third-order valence-corrected chi connectivity index (χ3v) is 6.62. The predicted octanol–water partition coefficient (Wildman–Crippen LogP) is 8.20. The number of nitrogens with zero attached hydrogens (tertiary/aromatic N) is 1. The Morgan fingerprint density at radius 2 is 1.68 bits per heavy atom. The Labute approximate surface area is 236 Å². The van der Waals surface area contributed by atoms with Gasteiger partial charge in [-0.05, 0) is 83.1 Å². The normalized spacial score (nSPS) is 11.8. The van der Waals surface area contributed by atoms with Gasteiger partial charge in [0.05, 0.1) is 17.2 Å². The summed E-state index contributed by atoms with van der Waals surface area (Å²) in [5, 5.41) is 9.15. The number of aldehydes is 1. The standard InChI is InChI=1S/C33H27NO4.C2H6/c1-22-15-24(17-32(30(22)20-35)38-21-26-6-3-5-25(16-26)19-34)9-10-27-7-4-8-29(23(27)2)28-11-12-31-33(18-28)37-14-13-36-31;1-2/h3-12,15-18,20H,13-14,21H2,1-2H3;1-2H3/b10-9+;. The molecule has 4 aromatic rings. The molecule has 0 unspecified atom stereocenters. The first-order chi connectivity index (χ1) is 19.6. The number of carbonyl (C=O) groups excluding carboxylic acids is 1. The molecule has 0 saturated carbocycles. The Hall–Kier alpha value is -4.82. The maximum Gasteiger partial charge on any atom is 0.161 e. The number of carbonyl (C=O) groups is 1. The van der Waals surface area contributed by atoms with Crippen molar-refractivity contribution in [3.8, 4) is 34.4 Å². The van der Waals surface area contributed by atoms with Crippen molar-refractivity contribution >= 4 is 18.4 Å². The number of benzene rings is 4. The molecule has 0 spiro atoms. The van der Waals surface area contributed by atoms with Crippen LogP contribution in [0.25, 0.3) is 23.3 Å². The Bertz CT molecular complexity index is 1580. The van der Waals surface area contributed by atoms with E-state index in [0.29, 0.717) is 30.1 Å². The molecule has 0 atom stereocenters. The van der Waals surface area contributed by atoms with Crippen LogP contribution in [0.15, 0.2) is 72.8 Å². The van der Waals surface area contributed by atoms with Gasteiger partial charge in [-0.25, -0.2) is 0 Å². The molecule has 0 aliphatic carbocycles. The summed E-state index contributed by atoms with van der Waals surface area (Å²) in [4.78, 5) is 11.8. The van der Waals surface area contributed by atoms with Crippen molar-refractivity contribution in [3.05, 3.63) is 112 Å². The van der Waals surface area contributed by atoms with Gasteiger partial charge in [0.1, 0.15) is 25.6 Å². The Kier molecular flexibility index (Phi) is 9.38. The molecule has 0 fully saturated rings. The van der Waals surface area contributed by atoms with E-state index in [2.05, 4.69) is 37.3 Å². The number of hydrogen-bond donors (Lipinski definition) is 0. The lowest BCUT2D eigenvalue weighted by atomic mass is 9.95. The predicted molar refractivity (Wildman–Crippen MR) is 160 cm³/mol. The summed E-state index contributed by atoms with van der Waals surface area (Å²) < 4.78 is 17.5. The topological polar surface area (TPSA) is 68.6 Å². The Morgan fingerprint density at radius 3 is 2.45 bits per heavy atom. The fraction of sp³-hybridized carbons (Fsp3) is 0.200. The largest absolute Gasteiger partial charge is 0.488 e. The van der Waals surface area contributed by atoms with E-state index < -0.39 is 0 Å². The smallest absolute Gasteiger partial charge is 0.161 e. The van der Waals surface area contributed by atoms with Gasteiger partial charge in [-0.3, -0.25) is 4.79 Å². The van der Waals surface area contributed by atoms with Crippen LogP contribution in [-0.4, -0.2) is 19.5 Å². The minimum absolute atomic E-state index is 0.264. The van der Waals surface area contributed by atoms with E-state index in [0.717, 1.165) is 56.7 Å². The first-order valence-corrected chi connectivity index (χ1v) is 13.4. The van der Waals surface area contributed by atoms with Gasteiger partial charge in [-0.2, -0.15) is 5.26 Å². The van der Waals surface area contributed by atoms with Gasteiger partial charge in [0.15, 0.2) is 17.8 Å². The average Bonchev–Trinajstić information content (AvgIpc) is 3.00. The van der Waals surface area contributed by atoms with Crippen LogP contribution >= 0.6 is 0 Å². The van der Waals surface area contributed by atoms with Crippen molar-refractivity contribution in [2.75, 3.05) is 13.2 Å². The summed E-state index contributed by atoms with van der Waals surface area (Å²) >= 11 is 0. The fourth-order valence-corrected chi connectivity index (χ4v) is 4.59. The summed E-state index contributed by atoms with van der Waals surface area (Å²) in [6, 6.07) is 25.5. The number of fused-ring (bicyclic) bond motifs is 1. The highest BCUT2D eigenvalue weighted by Gasteiger charge is 2.14. The summed E-state index contributed by atoms with van der Waals surface area (Å²) in [7, 11) is 0. The number of nitriles is 1. The molecular formula is C35H33NO4. The molecule has 0 amide bonds. The van der Waals surface area contributed by atoms with Crippen molar-refractivity contribution in [1.29, 1.82) is 5.26 Å². The minimum atomic E-state index is 0.264. The lowest BCUT2D eigenvalue weighted by Gasteiger charge is -2.19. The maximum atomic E-state index is 11.8. The minimum Gasteiger partial charge on any atom is -0.488 e. The molecule has 0 radical (unpaired) electrons. The van der Waals surface area contributed by atoms with Crippen LogP contribution in [0.5, 0.6) is 17.2 Å². The zero-order valence-electron chi connectivity index (χ0n) is 23.4. The average molecular weight is 532 g/mol. The van der Waals surface area contributed by atoms with E-state index in [1.54, 1.807) is 12.1 Å². The SMILES string of the molecule is CC.Cc1cc(/C=C/c2cccc(-c3ccc4c(c3)OCCO4)c2C)cc(OCc2cccc(C#N)c2)c1C=O. The Morgan fingerprint density at radius 1 is 0.900 bits per heavy atom. The third kappa shape index (κ3) is 6.42. The molecule has 0 aromatic heterocycles. The molecule has 0 bridgehead atoms. The van der Waals surface area contributed by atoms with Gasteiger partial charge < -0.3 is 14.2 Å². The summed E-state index contributed by atoms with van der Waals surface area (Å²) in [6.45, 7) is 9.40. The van der Waals surface area contributed by atoms with E-state index in [-0.39, 0.29) is 6.61 Å². The van der Waals surface area contributed by atoms with Crippen molar-refractivity contribution in [2.24, 2.45) is 0 Å². The van der Waals surface area contributed by atoms with Gasteiger partial charge in [0.2, 0.25) is 0 Å². The van der Waals surface area contributed by atoms with Gasteiger partial charge >= 0.3 is 0 Å². The molecule has 202 valence electrons. The number of ether oxygens (including phenoxy) is 3. The third-order valence-electron chi connectivity index (χ3n) is 6.62. The second kappa shape index (κ2) is 13.3. The molecule has 1 aliphatic heterocycles. The zero-order valence-corrected chi connectivity index (χ0v) is 23.4. The van der Waals surface area contributed by atoms with Crippen molar-refractivity contribution < 1.29 is 19.0 Å². The quantitative estimate of drug-likeness (QED) is 0.178. The summed E-state index contributed by atoms with van der Waals surface area (Å²) in [6.07, 6.45) is 4.93.